The number of benzene rings is 2. The maximum atomic E-state index is 12.4. The van der Waals surface area contributed by atoms with Crippen LogP contribution in [0.1, 0.15) is 20.3 Å². The first-order valence-corrected chi connectivity index (χ1v) is 9.26. The largest absolute Gasteiger partial charge is 0.492 e. The highest BCUT2D eigenvalue weighted by molar-refractivity contribution is 6.00. The first-order chi connectivity index (χ1) is 14.0. The summed E-state index contributed by atoms with van der Waals surface area (Å²) in [6, 6.07) is 13.9. The van der Waals surface area contributed by atoms with Gasteiger partial charge in [0.2, 0.25) is 0 Å². The highest BCUT2D eigenvalue weighted by Crippen LogP contribution is 2.29. The van der Waals surface area contributed by atoms with Crippen molar-refractivity contribution >= 4 is 29.2 Å². The molecule has 152 valence electrons. The van der Waals surface area contributed by atoms with E-state index in [1.54, 1.807) is 48.5 Å². The Balaban J connectivity index is 1.55. The number of carbonyl (C=O) groups is 3. The third-order valence-electron chi connectivity index (χ3n) is 4.18. The van der Waals surface area contributed by atoms with E-state index in [-0.39, 0.29) is 6.42 Å². The van der Waals surface area contributed by atoms with Crippen molar-refractivity contribution in [2.75, 3.05) is 17.2 Å². The van der Waals surface area contributed by atoms with Gasteiger partial charge in [-0.25, -0.2) is 0 Å². The fourth-order valence-electron chi connectivity index (χ4n) is 2.76. The van der Waals surface area contributed by atoms with Crippen LogP contribution in [-0.4, -0.2) is 36.6 Å². The van der Waals surface area contributed by atoms with Crippen molar-refractivity contribution in [2.24, 2.45) is 0 Å². The minimum absolute atomic E-state index is 0.312. The average molecular weight is 398 g/mol. The lowest BCUT2D eigenvalue weighted by molar-refractivity contribution is -0.155. The summed E-state index contributed by atoms with van der Waals surface area (Å²) in [4.78, 5) is 36.7. The fraction of sp³-hybridized carbons (Fsp3) is 0.286. The number of carbonyl (C=O) groups excluding carboxylic acids is 3. The lowest BCUT2D eigenvalue weighted by Gasteiger charge is -2.25. The topological polar surface area (TPSA) is 103 Å². The second-order valence-corrected chi connectivity index (χ2v) is 6.35. The Morgan fingerprint density at radius 3 is 2.69 bits per heavy atom. The zero-order valence-corrected chi connectivity index (χ0v) is 16.1. The SMILES string of the molecule is CCOc1ccccc1NC(=O)[C@@H](C)OC(=O)C[C@H]1Oc2ccccc2NC1=O. The van der Waals surface area contributed by atoms with E-state index in [4.69, 9.17) is 14.2 Å². The predicted octanol–water partition coefficient (Wildman–Crippen LogP) is 2.75. The summed E-state index contributed by atoms with van der Waals surface area (Å²) in [6.07, 6.45) is -2.39. The van der Waals surface area contributed by atoms with Crippen LogP contribution in [0.5, 0.6) is 11.5 Å². The Morgan fingerprint density at radius 1 is 1.17 bits per heavy atom. The van der Waals surface area contributed by atoms with Crippen LogP contribution < -0.4 is 20.1 Å². The predicted molar refractivity (Wildman–Crippen MR) is 106 cm³/mol. The van der Waals surface area contributed by atoms with E-state index in [9.17, 15) is 14.4 Å². The van der Waals surface area contributed by atoms with Crippen molar-refractivity contribution in [2.45, 2.75) is 32.5 Å². The second kappa shape index (κ2) is 9.09. The van der Waals surface area contributed by atoms with Crippen molar-refractivity contribution < 1.29 is 28.6 Å². The van der Waals surface area contributed by atoms with E-state index in [1.807, 2.05) is 6.92 Å². The van der Waals surface area contributed by atoms with Crippen molar-refractivity contribution in [3.63, 3.8) is 0 Å². The Labute approximate surface area is 168 Å². The molecule has 1 aliphatic heterocycles. The van der Waals surface area contributed by atoms with Crippen LogP contribution in [-0.2, 0) is 19.1 Å². The Hall–Kier alpha value is -3.55. The van der Waals surface area contributed by atoms with Crippen LogP contribution >= 0.6 is 0 Å². The molecule has 0 aromatic heterocycles. The number of hydrogen-bond acceptors (Lipinski definition) is 6. The molecule has 8 nitrogen and oxygen atoms in total. The van der Waals surface area contributed by atoms with E-state index in [0.29, 0.717) is 29.5 Å². The molecule has 0 saturated carbocycles. The van der Waals surface area contributed by atoms with Gasteiger partial charge in [-0.2, -0.15) is 0 Å². The zero-order chi connectivity index (χ0) is 20.8. The second-order valence-electron chi connectivity index (χ2n) is 6.35. The maximum Gasteiger partial charge on any atom is 0.310 e. The molecule has 1 aliphatic rings. The van der Waals surface area contributed by atoms with Crippen LogP contribution in [0.4, 0.5) is 11.4 Å². The monoisotopic (exact) mass is 398 g/mol. The van der Waals surface area contributed by atoms with Crippen molar-refractivity contribution in [1.29, 1.82) is 0 Å². The number of nitrogens with one attached hydrogen (secondary N) is 2. The minimum Gasteiger partial charge on any atom is -0.492 e. The van der Waals surface area contributed by atoms with E-state index in [1.165, 1.54) is 6.92 Å². The molecule has 0 saturated heterocycles. The molecule has 8 heteroatoms. The summed E-state index contributed by atoms with van der Waals surface area (Å²) in [5.41, 5.74) is 1.02. The number of hydrogen-bond donors (Lipinski definition) is 2. The Kier molecular flexibility index (Phi) is 6.33. The van der Waals surface area contributed by atoms with Gasteiger partial charge in [-0.15, -0.1) is 0 Å². The molecule has 0 bridgehead atoms. The minimum atomic E-state index is -1.06. The van der Waals surface area contributed by atoms with Crippen LogP contribution in [0.25, 0.3) is 0 Å². The van der Waals surface area contributed by atoms with E-state index < -0.39 is 30.0 Å². The average Bonchev–Trinajstić information content (AvgIpc) is 2.70. The number of para-hydroxylation sites is 4. The van der Waals surface area contributed by atoms with E-state index >= 15 is 0 Å². The molecule has 1 heterocycles. The van der Waals surface area contributed by atoms with Crippen molar-refractivity contribution in [1.82, 2.24) is 0 Å². The summed E-state index contributed by atoms with van der Waals surface area (Å²) in [5, 5.41) is 5.35. The summed E-state index contributed by atoms with van der Waals surface area (Å²) in [7, 11) is 0. The van der Waals surface area contributed by atoms with Gasteiger partial charge in [0.15, 0.2) is 12.2 Å². The number of fused-ring (bicyclic) bond motifs is 1. The molecular formula is C21H22N2O6. The molecule has 0 spiro atoms. The normalized spacial score (nSPS) is 15.9. The maximum absolute atomic E-state index is 12.4. The van der Waals surface area contributed by atoms with Gasteiger partial charge >= 0.3 is 5.97 Å². The van der Waals surface area contributed by atoms with Crippen molar-refractivity contribution in [3.05, 3.63) is 48.5 Å². The number of rotatable bonds is 7. The quantitative estimate of drug-likeness (QED) is 0.695. The van der Waals surface area contributed by atoms with Crippen molar-refractivity contribution in [3.8, 4) is 11.5 Å². The molecule has 29 heavy (non-hydrogen) atoms. The zero-order valence-electron chi connectivity index (χ0n) is 16.1. The molecular weight excluding hydrogens is 376 g/mol. The molecule has 0 aliphatic carbocycles. The summed E-state index contributed by atoms with van der Waals surface area (Å²) < 4.78 is 16.2. The molecule has 2 aromatic carbocycles. The Morgan fingerprint density at radius 2 is 1.90 bits per heavy atom. The van der Waals surface area contributed by atoms with E-state index in [2.05, 4.69) is 10.6 Å². The van der Waals surface area contributed by atoms with Gasteiger partial charge in [0.25, 0.3) is 11.8 Å². The summed E-state index contributed by atoms with van der Waals surface area (Å²) in [6.45, 7) is 3.74. The van der Waals surface area contributed by atoms with Crippen LogP contribution in [0.3, 0.4) is 0 Å². The van der Waals surface area contributed by atoms with Gasteiger partial charge < -0.3 is 24.8 Å². The molecule has 0 radical (unpaired) electrons. The summed E-state index contributed by atoms with van der Waals surface area (Å²) in [5.74, 6) is -0.672. The number of ether oxygens (including phenoxy) is 3. The molecule has 0 fully saturated rings. The standard InChI is InChI=1S/C21H22N2O6/c1-3-27-16-10-6-4-8-14(16)22-20(25)13(2)28-19(24)12-18-21(26)23-15-9-5-7-11-17(15)29-18/h4-11,13,18H,3,12H2,1-2H3,(H,22,25)(H,23,26)/t13-,18-/m1/s1. The third kappa shape index (κ3) is 5.04. The lowest BCUT2D eigenvalue weighted by Crippen LogP contribution is -2.40. The van der Waals surface area contributed by atoms with Gasteiger partial charge in [0.1, 0.15) is 11.5 Å². The molecule has 2 aromatic rings. The van der Waals surface area contributed by atoms with Crippen LogP contribution in [0.2, 0.25) is 0 Å². The third-order valence-corrected chi connectivity index (χ3v) is 4.18. The van der Waals surface area contributed by atoms with E-state index in [0.717, 1.165) is 0 Å². The number of amides is 2. The smallest absolute Gasteiger partial charge is 0.310 e. The molecule has 2 amide bonds. The lowest BCUT2D eigenvalue weighted by atomic mass is 10.1. The molecule has 3 rings (SSSR count). The fourth-order valence-corrected chi connectivity index (χ4v) is 2.76. The van der Waals surface area contributed by atoms with Gasteiger partial charge in [0, 0.05) is 0 Å². The molecule has 0 unspecified atom stereocenters. The molecule has 2 N–H and O–H groups in total. The number of esters is 1. The van der Waals surface area contributed by atoms with Gasteiger partial charge in [-0.3, -0.25) is 14.4 Å². The number of anilines is 2. The highest BCUT2D eigenvalue weighted by atomic mass is 16.6. The first-order valence-electron chi connectivity index (χ1n) is 9.26. The van der Waals surface area contributed by atoms with Gasteiger partial charge in [-0.05, 0) is 38.1 Å². The Bertz CT molecular complexity index is 914. The summed E-state index contributed by atoms with van der Waals surface area (Å²) >= 11 is 0. The first kappa shape index (κ1) is 20.2. The highest BCUT2D eigenvalue weighted by Gasteiger charge is 2.31. The van der Waals surface area contributed by atoms with Gasteiger partial charge in [-0.1, -0.05) is 24.3 Å². The van der Waals surface area contributed by atoms with Gasteiger partial charge in [0.05, 0.1) is 24.4 Å². The van der Waals surface area contributed by atoms with Crippen LogP contribution in [0, 0.1) is 0 Å². The van der Waals surface area contributed by atoms with Crippen LogP contribution in [0.15, 0.2) is 48.5 Å². The molecule has 2 atom stereocenters.